The van der Waals surface area contributed by atoms with Crippen LogP contribution in [0.25, 0.3) is 0 Å². The predicted molar refractivity (Wildman–Crippen MR) is 105 cm³/mol. The lowest BCUT2D eigenvalue weighted by Crippen LogP contribution is -3.00. The minimum Gasteiger partial charge on any atom is -1.00 e. The van der Waals surface area contributed by atoms with Crippen molar-refractivity contribution in [2.75, 3.05) is 20.6 Å². The SMILES string of the molecule is CCCCCCCCCCCC[N+](C)(C)Cc1ccccc1.[Cl-].[Cl-].[Cl-].[NH4+]. The van der Waals surface area contributed by atoms with E-state index in [0.717, 1.165) is 11.0 Å². The first-order valence-electron chi connectivity index (χ1n) is 9.50. The Bertz CT molecular complexity index is 373. The molecule has 1 aromatic carbocycles. The molecule has 0 aromatic heterocycles. The number of quaternary nitrogens is 2. The van der Waals surface area contributed by atoms with Crippen molar-refractivity contribution in [3.05, 3.63) is 35.9 Å². The maximum atomic E-state index is 2.36. The molecule has 5 heteroatoms. The molecule has 2 nitrogen and oxygen atoms in total. The van der Waals surface area contributed by atoms with E-state index >= 15 is 0 Å². The van der Waals surface area contributed by atoms with Crippen molar-refractivity contribution < 1.29 is 41.7 Å². The summed E-state index contributed by atoms with van der Waals surface area (Å²) in [5, 5.41) is 0. The predicted octanol–water partition coefficient (Wildman–Crippen LogP) is -2.43. The monoisotopic (exact) mass is 427 g/mol. The second kappa shape index (κ2) is 21.3. The average Bonchev–Trinajstić information content (AvgIpc) is 2.49. The lowest BCUT2D eigenvalue weighted by Gasteiger charge is -2.30. The number of rotatable bonds is 13. The van der Waals surface area contributed by atoms with Gasteiger partial charge in [-0.1, -0.05) is 88.6 Å². The summed E-state index contributed by atoms with van der Waals surface area (Å²) in [5.41, 5.74) is 1.46. The van der Waals surface area contributed by atoms with Crippen LogP contribution in [0.2, 0.25) is 0 Å². The molecule has 0 atom stereocenters. The molecular formula is C21H42Cl3N2-. The number of benzene rings is 1. The first kappa shape index (κ1) is 33.6. The summed E-state index contributed by atoms with van der Waals surface area (Å²) in [6.07, 6.45) is 14.2. The second-order valence-electron chi connectivity index (χ2n) is 7.49. The summed E-state index contributed by atoms with van der Waals surface area (Å²) in [7, 11) is 4.72. The summed E-state index contributed by atoms with van der Waals surface area (Å²) in [6, 6.07) is 10.9. The summed E-state index contributed by atoms with van der Waals surface area (Å²) < 4.78 is 1.11. The summed E-state index contributed by atoms with van der Waals surface area (Å²) in [6.45, 7) is 4.74. The molecule has 1 rings (SSSR count). The fourth-order valence-corrected chi connectivity index (χ4v) is 3.18. The van der Waals surface area contributed by atoms with Gasteiger partial charge in [0, 0.05) is 5.56 Å². The van der Waals surface area contributed by atoms with Gasteiger partial charge in [-0.3, -0.25) is 0 Å². The Balaban J connectivity index is -0.000000605. The molecule has 0 radical (unpaired) electrons. The summed E-state index contributed by atoms with van der Waals surface area (Å²) >= 11 is 0. The average molecular weight is 429 g/mol. The van der Waals surface area contributed by atoms with Crippen molar-refractivity contribution in [1.29, 1.82) is 0 Å². The van der Waals surface area contributed by atoms with Crippen LogP contribution in [0.1, 0.15) is 76.7 Å². The van der Waals surface area contributed by atoms with Gasteiger partial charge in [0.05, 0.1) is 20.6 Å². The molecule has 0 saturated carbocycles. The Morgan fingerprint density at radius 2 is 1.08 bits per heavy atom. The third-order valence-electron chi connectivity index (χ3n) is 4.57. The number of hydrogen-bond donors (Lipinski definition) is 1. The van der Waals surface area contributed by atoms with Gasteiger partial charge in [0.2, 0.25) is 0 Å². The molecule has 0 unspecified atom stereocenters. The standard InChI is InChI=1S/C21H38N.3ClH.H3N/c1-4-5-6-7-8-9-10-11-12-16-19-22(2,3)20-21-17-14-13-15-18-21;;;;/h13-15,17-18H,4-12,16,19-20H2,1-3H3;3*1H;1H3/q+1;;;;/p-2. The lowest BCUT2D eigenvalue weighted by molar-refractivity contribution is -0.903. The van der Waals surface area contributed by atoms with E-state index in [0.29, 0.717) is 0 Å². The molecule has 0 spiro atoms. The van der Waals surface area contributed by atoms with Gasteiger partial charge in [-0.05, 0) is 12.8 Å². The number of hydrogen-bond acceptors (Lipinski definition) is 0. The van der Waals surface area contributed by atoms with E-state index in [-0.39, 0.29) is 43.4 Å². The zero-order chi connectivity index (χ0) is 16.1. The highest BCUT2D eigenvalue weighted by Crippen LogP contribution is 2.13. The minimum absolute atomic E-state index is 0. The van der Waals surface area contributed by atoms with Gasteiger partial charge in [-0.25, -0.2) is 0 Å². The minimum atomic E-state index is 0. The fourth-order valence-electron chi connectivity index (χ4n) is 3.18. The van der Waals surface area contributed by atoms with E-state index in [1.807, 2.05) is 0 Å². The van der Waals surface area contributed by atoms with E-state index in [1.54, 1.807) is 0 Å². The van der Waals surface area contributed by atoms with Crippen molar-refractivity contribution >= 4 is 0 Å². The van der Waals surface area contributed by atoms with Crippen LogP contribution in [-0.2, 0) is 6.54 Å². The van der Waals surface area contributed by atoms with Crippen LogP contribution in [0.5, 0.6) is 0 Å². The van der Waals surface area contributed by atoms with Crippen LogP contribution in [0.3, 0.4) is 0 Å². The van der Waals surface area contributed by atoms with Crippen LogP contribution < -0.4 is 43.4 Å². The molecule has 0 amide bonds. The summed E-state index contributed by atoms with van der Waals surface area (Å²) in [5.74, 6) is 0. The highest BCUT2D eigenvalue weighted by atomic mass is 35.5. The van der Waals surface area contributed by atoms with E-state index in [1.165, 1.54) is 76.3 Å². The molecule has 26 heavy (non-hydrogen) atoms. The molecule has 0 fully saturated rings. The van der Waals surface area contributed by atoms with E-state index in [2.05, 4.69) is 51.4 Å². The van der Waals surface area contributed by atoms with Gasteiger partial charge in [-0.15, -0.1) is 0 Å². The Labute approximate surface area is 181 Å². The number of nitrogens with zero attached hydrogens (tertiary/aromatic N) is 1. The topological polar surface area (TPSA) is 36.5 Å². The molecule has 1 aromatic rings. The maximum Gasteiger partial charge on any atom is 0.104 e. The van der Waals surface area contributed by atoms with Gasteiger partial charge in [0.25, 0.3) is 0 Å². The van der Waals surface area contributed by atoms with Crippen molar-refractivity contribution in [2.24, 2.45) is 0 Å². The van der Waals surface area contributed by atoms with Gasteiger partial charge in [0.1, 0.15) is 6.54 Å². The highest BCUT2D eigenvalue weighted by molar-refractivity contribution is 5.13. The van der Waals surface area contributed by atoms with Crippen LogP contribution in [0.15, 0.2) is 30.3 Å². The van der Waals surface area contributed by atoms with E-state index in [4.69, 9.17) is 0 Å². The van der Waals surface area contributed by atoms with Crippen molar-refractivity contribution in [3.8, 4) is 0 Å². The second-order valence-corrected chi connectivity index (χ2v) is 7.49. The molecule has 0 aliphatic carbocycles. The zero-order valence-electron chi connectivity index (χ0n) is 17.5. The van der Waals surface area contributed by atoms with E-state index in [9.17, 15) is 0 Å². The first-order valence-corrected chi connectivity index (χ1v) is 9.50. The quantitative estimate of drug-likeness (QED) is 0.268. The molecule has 0 bridgehead atoms. The van der Waals surface area contributed by atoms with Gasteiger partial charge in [-0.2, -0.15) is 0 Å². The smallest absolute Gasteiger partial charge is 0.104 e. The molecule has 158 valence electrons. The normalized spacial score (nSPS) is 9.96. The van der Waals surface area contributed by atoms with Gasteiger partial charge >= 0.3 is 0 Å². The van der Waals surface area contributed by atoms with Gasteiger partial charge in [0.15, 0.2) is 0 Å². The molecule has 0 aliphatic rings. The van der Waals surface area contributed by atoms with Crippen LogP contribution in [0, 0.1) is 0 Å². The molecule has 0 saturated heterocycles. The third-order valence-corrected chi connectivity index (χ3v) is 4.57. The van der Waals surface area contributed by atoms with Crippen LogP contribution >= 0.6 is 0 Å². The maximum absolute atomic E-state index is 2.36. The Morgan fingerprint density at radius 3 is 1.54 bits per heavy atom. The first-order chi connectivity index (χ1) is 10.6. The zero-order valence-corrected chi connectivity index (χ0v) is 19.7. The van der Waals surface area contributed by atoms with Crippen LogP contribution in [0.4, 0.5) is 0 Å². The molecular weight excluding hydrogens is 387 g/mol. The third kappa shape index (κ3) is 18.8. The number of unbranched alkanes of at least 4 members (excludes halogenated alkanes) is 9. The summed E-state index contributed by atoms with van der Waals surface area (Å²) in [4.78, 5) is 0. The molecule has 0 heterocycles. The Morgan fingerprint density at radius 1 is 0.654 bits per heavy atom. The van der Waals surface area contributed by atoms with E-state index < -0.39 is 0 Å². The van der Waals surface area contributed by atoms with Crippen molar-refractivity contribution in [2.45, 2.75) is 77.7 Å². The van der Waals surface area contributed by atoms with Crippen molar-refractivity contribution in [1.82, 2.24) is 6.15 Å². The van der Waals surface area contributed by atoms with Gasteiger partial charge < -0.3 is 47.9 Å². The van der Waals surface area contributed by atoms with Crippen LogP contribution in [-0.4, -0.2) is 25.1 Å². The Kier molecular flexibility index (Phi) is 27.5. The molecule has 0 aliphatic heterocycles. The number of halogens is 3. The largest absolute Gasteiger partial charge is 1.00 e. The highest BCUT2D eigenvalue weighted by Gasteiger charge is 2.14. The fraction of sp³-hybridized carbons (Fsp3) is 0.714. The lowest BCUT2D eigenvalue weighted by atomic mass is 10.1. The molecule has 4 N–H and O–H groups in total. The van der Waals surface area contributed by atoms with Crippen molar-refractivity contribution in [3.63, 3.8) is 0 Å². The Hall–Kier alpha value is 0.01000.